The van der Waals surface area contributed by atoms with E-state index < -0.39 is 0 Å². The van der Waals surface area contributed by atoms with Gasteiger partial charge in [0.25, 0.3) is 0 Å². The maximum atomic E-state index is 5.27. The van der Waals surface area contributed by atoms with Gasteiger partial charge in [0.2, 0.25) is 0 Å². The monoisotopic (exact) mass is 337 g/mol. The van der Waals surface area contributed by atoms with Crippen molar-refractivity contribution in [3.8, 4) is 17.0 Å². The third kappa shape index (κ3) is 2.82. The molecule has 0 saturated heterocycles. The van der Waals surface area contributed by atoms with Crippen molar-refractivity contribution >= 4 is 0 Å². The van der Waals surface area contributed by atoms with Gasteiger partial charge in [-0.3, -0.25) is 10.00 Å². The van der Waals surface area contributed by atoms with Crippen molar-refractivity contribution in [1.82, 2.24) is 25.1 Å². The summed E-state index contributed by atoms with van der Waals surface area (Å²) >= 11 is 0. The summed E-state index contributed by atoms with van der Waals surface area (Å²) in [4.78, 5) is 10.4. The van der Waals surface area contributed by atoms with Crippen LogP contribution in [0.4, 0.5) is 0 Å². The Morgan fingerprint density at radius 1 is 1.28 bits per heavy atom. The average molecular weight is 337 g/mol. The first-order chi connectivity index (χ1) is 12.3. The second-order valence-corrected chi connectivity index (χ2v) is 6.38. The molecule has 1 aromatic carbocycles. The lowest BCUT2D eigenvalue weighted by Crippen LogP contribution is -2.36. The third-order valence-electron chi connectivity index (χ3n) is 4.88. The van der Waals surface area contributed by atoms with Gasteiger partial charge in [0, 0.05) is 29.8 Å². The molecule has 1 aliphatic heterocycles. The number of benzene rings is 1. The summed E-state index contributed by atoms with van der Waals surface area (Å²) in [5.41, 5.74) is 5.68. The molecule has 1 aliphatic rings. The molecule has 6 nitrogen and oxygen atoms in total. The molecule has 3 aromatic rings. The Morgan fingerprint density at radius 3 is 2.88 bits per heavy atom. The number of hydrogen-bond donors (Lipinski definition) is 2. The molecule has 3 heterocycles. The summed E-state index contributed by atoms with van der Waals surface area (Å²) in [6.07, 6.45) is 5.88. The standard InChI is InChI=1S/C19H23N5O/c1-3-9-24-10-8-16-18(21-12-20-16)19(24)15-11-22-23-17(15)13-4-6-14(25-2)7-5-13/h4-7,11-12,19H,3,8-10H2,1-2H3,(H,20,21)(H,22,23). The van der Waals surface area contributed by atoms with Crippen LogP contribution in [-0.4, -0.2) is 45.3 Å². The number of imidazole rings is 1. The molecule has 0 fully saturated rings. The molecule has 1 atom stereocenters. The van der Waals surface area contributed by atoms with Gasteiger partial charge in [0.15, 0.2) is 0 Å². The van der Waals surface area contributed by atoms with Crippen LogP contribution in [0.1, 0.15) is 36.3 Å². The number of nitrogens with zero attached hydrogens (tertiary/aromatic N) is 3. The van der Waals surface area contributed by atoms with E-state index in [1.54, 1.807) is 13.4 Å². The SMILES string of the molecule is CCCN1CCc2[nH]cnc2C1c1cn[nH]c1-c1ccc(OC)cc1. The topological polar surface area (TPSA) is 69.8 Å². The molecule has 0 saturated carbocycles. The number of fused-ring (bicyclic) bond motifs is 1. The lowest BCUT2D eigenvalue weighted by Gasteiger charge is -2.34. The molecule has 2 aromatic heterocycles. The second-order valence-electron chi connectivity index (χ2n) is 6.38. The minimum atomic E-state index is 0.130. The summed E-state index contributed by atoms with van der Waals surface area (Å²) in [6.45, 7) is 4.29. The highest BCUT2D eigenvalue weighted by Crippen LogP contribution is 2.37. The van der Waals surface area contributed by atoms with Crippen LogP contribution in [0.25, 0.3) is 11.3 Å². The quantitative estimate of drug-likeness (QED) is 0.750. The zero-order chi connectivity index (χ0) is 17.2. The van der Waals surface area contributed by atoms with Gasteiger partial charge < -0.3 is 9.72 Å². The van der Waals surface area contributed by atoms with E-state index in [4.69, 9.17) is 4.74 Å². The Hall–Kier alpha value is -2.60. The van der Waals surface area contributed by atoms with E-state index in [1.807, 2.05) is 18.3 Å². The largest absolute Gasteiger partial charge is 0.497 e. The fourth-order valence-corrected chi connectivity index (χ4v) is 3.69. The van der Waals surface area contributed by atoms with Crippen LogP contribution >= 0.6 is 0 Å². The van der Waals surface area contributed by atoms with Gasteiger partial charge in [-0.2, -0.15) is 5.10 Å². The highest BCUT2D eigenvalue weighted by molar-refractivity contribution is 5.65. The number of H-pyrrole nitrogens is 2. The Bertz CT molecular complexity index is 836. The summed E-state index contributed by atoms with van der Waals surface area (Å²) in [6, 6.07) is 8.21. The van der Waals surface area contributed by atoms with E-state index in [0.717, 1.165) is 48.6 Å². The number of hydrogen-bond acceptors (Lipinski definition) is 4. The fourth-order valence-electron chi connectivity index (χ4n) is 3.69. The normalized spacial score (nSPS) is 17.4. The molecule has 0 amide bonds. The van der Waals surface area contributed by atoms with Crippen LogP contribution in [0.2, 0.25) is 0 Å². The van der Waals surface area contributed by atoms with E-state index in [0.29, 0.717) is 0 Å². The second kappa shape index (κ2) is 6.72. The van der Waals surface area contributed by atoms with E-state index in [2.05, 4.69) is 44.1 Å². The van der Waals surface area contributed by atoms with E-state index in [1.165, 1.54) is 11.3 Å². The Morgan fingerprint density at radius 2 is 2.12 bits per heavy atom. The van der Waals surface area contributed by atoms with E-state index in [9.17, 15) is 0 Å². The summed E-state index contributed by atoms with van der Waals surface area (Å²) < 4.78 is 5.27. The van der Waals surface area contributed by atoms with Gasteiger partial charge in [0.05, 0.1) is 37.1 Å². The highest BCUT2D eigenvalue weighted by atomic mass is 16.5. The van der Waals surface area contributed by atoms with Crippen LogP contribution in [-0.2, 0) is 6.42 Å². The first kappa shape index (κ1) is 15.9. The van der Waals surface area contributed by atoms with Crippen LogP contribution in [0.3, 0.4) is 0 Å². The molecular weight excluding hydrogens is 314 g/mol. The number of nitrogens with one attached hydrogen (secondary N) is 2. The molecule has 0 spiro atoms. The van der Waals surface area contributed by atoms with Crippen molar-refractivity contribution in [2.45, 2.75) is 25.8 Å². The van der Waals surface area contributed by atoms with Gasteiger partial charge in [-0.25, -0.2) is 4.98 Å². The van der Waals surface area contributed by atoms with Gasteiger partial charge in [0.1, 0.15) is 5.75 Å². The molecule has 25 heavy (non-hydrogen) atoms. The molecule has 0 radical (unpaired) electrons. The molecular formula is C19H23N5O. The maximum absolute atomic E-state index is 5.27. The van der Waals surface area contributed by atoms with Crippen LogP contribution in [0, 0.1) is 0 Å². The maximum Gasteiger partial charge on any atom is 0.118 e. The predicted molar refractivity (Wildman–Crippen MR) is 96.6 cm³/mol. The Balaban J connectivity index is 1.77. The molecule has 130 valence electrons. The van der Waals surface area contributed by atoms with Gasteiger partial charge in [-0.1, -0.05) is 6.92 Å². The minimum Gasteiger partial charge on any atom is -0.497 e. The lowest BCUT2D eigenvalue weighted by molar-refractivity contribution is 0.210. The fraction of sp³-hybridized carbons (Fsp3) is 0.368. The van der Waals surface area contributed by atoms with Gasteiger partial charge >= 0.3 is 0 Å². The first-order valence-electron chi connectivity index (χ1n) is 8.75. The number of rotatable bonds is 5. The minimum absolute atomic E-state index is 0.130. The van der Waals surface area contributed by atoms with Crippen molar-refractivity contribution in [3.05, 3.63) is 53.7 Å². The first-order valence-corrected chi connectivity index (χ1v) is 8.75. The highest BCUT2D eigenvalue weighted by Gasteiger charge is 2.33. The average Bonchev–Trinajstić information content (AvgIpc) is 3.31. The van der Waals surface area contributed by atoms with Crippen molar-refractivity contribution in [3.63, 3.8) is 0 Å². The zero-order valence-corrected chi connectivity index (χ0v) is 14.6. The van der Waals surface area contributed by atoms with Crippen molar-refractivity contribution in [2.24, 2.45) is 0 Å². The van der Waals surface area contributed by atoms with Crippen molar-refractivity contribution in [2.75, 3.05) is 20.2 Å². The lowest BCUT2D eigenvalue weighted by atomic mass is 9.93. The number of aromatic nitrogens is 4. The van der Waals surface area contributed by atoms with Crippen LogP contribution in [0.15, 0.2) is 36.8 Å². The third-order valence-corrected chi connectivity index (χ3v) is 4.88. The Labute approximate surface area is 147 Å². The van der Waals surface area contributed by atoms with Gasteiger partial charge in [-0.05, 0) is 37.2 Å². The van der Waals surface area contributed by atoms with Crippen molar-refractivity contribution < 1.29 is 4.74 Å². The zero-order valence-electron chi connectivity index (χ0n) is 14.6. The van der Waals surface area contributed by atoms with Crippen molar-refractivity contribution in [1.29, 1.82) is 0 Å². The molecule has 6 heteroatoms. The number of aromatic amines is 2. The smallest absolute Gasteiger partial charge is 0.118 e. The molecule has 0 bridgehead atoms. The van der Waals surface area contributed by atoms with E-state index in [-0.39, 0.29) is 6.04 Å². The predicted octanol–water partition coefficient (Wildman–Crippen LogP) is 3.17. The Kier molecular flexibility index (Phi) is 4.28. The molecule has 1 unspecified atom stereocenters. The molecule has 4 rings (SSSR count). The number of ether oxygens (including phenoxy) is 1. The number of methoxy groups -OCH3 is 1. The van der Waals surface area contributed by atoms with Crippen LogP contribution in [0.5, 0.6) is 5.75 Å². The van der Waals surface area contributed by atoms with E-state index >= 15 is 0 Å². The molecule has 2 N–H and O–H groups in total. The van der Waals surface area contributed by atoms with Gasteiger partial charge in [-0.15, -0.1) is 0 Å². The summed E-state index contributed by atoms with van der Waals surface area (Å²) in [7, 11) is 1.68. The van der Waals surface area contributed by atoms with Crippen LogP contribution < -0.4 is 4.74 Å². The summed E-state index contributed by atoms with van der Waals surface area (Å²) in [5.74, 6) is 0.852. The summed E-state index contributed by atoms with van der Waals surface area (Å²) in [5, 5.41) is 7.53. The molecule has 0 aliphatic carbocycles.